The Morgan fingerprint density at radius 1 is 1.50 bits per heavy atom. The van der Waals surface area contributed by atoms with Crippen LogP contribution in [0.5, 0.6) is 0 Å². The van der Waals surface area contributed by atoms with E-state index in [0.717, 1.165) is 5.56 Å². The SMILES string of the molecule is Cc1noc(C)c1C(C)NS(=O)(=O)c1[nH]ncc1CN. The Morgan fingerprint density at radius 2 is 2.20 bits per heavy atom. The van der Waals surface area contributed by atoms with Crippen LogP contribution in [0.3, 0.4) is 0 Å². The van der Waals surface area contributed by atoms with E-state index in [4.69, 9.17) is 10.3 Å². The minimum atomic E-state index is -3.74. The van der Waals surface area contributed by atoms with Gasteiger partial charge in [0.05, 0.1) is 11.9 Å². The van der Waals surface area contributed by atoms with E-state index in [-0.39, 0.29) is 11.6 Å². The van der Waals surface area contributed by atoms with Gasteiger partial charge >= 0.3 is 0 Å². The summed E-state index contributed by atoms with van der Waals surface area (Å²) in [4.78, 5) is 0. The molecule has 0 aliphatic carbocycles. The molecule has 0 amide bonds. The maximum atomic E-state index is 12.3. The van der Waals surface area contributed by atoms with E-state index in [2.05, 4.69) is 20.1 Å². The maximum Gasteiger partial charge on any atom is 0.258 e. The molecular weight excluding hydrogens is 282 g/mol. The molecule has 4 N–H and O–H groups in total. The van der Waals surface area contributed by atoms with Gasteiger partial charge in [-0.2, -0.15) is 5.10 Å². The summed E-state index contributed by atoms with van der Waals surface area (Å²) in [6.07, 6.45) is 1.40. The molecule has 2 heterocycles. The number of aromatic amines is 1. The fraction of sp³-hybridized carbons (Fsp3) is 0.455. The first kappa shape index (κ1) is 14.7. The average molecular weight is 299 g/mol. The van der Waals surface area contributed by atoms with E-state index >= 15 is 0 Å². The van der Waals surface area contributed by atoms with Gasteiger partial charge in [-0.3, -0.25) is 5.10 Å². The van der Waals surface area contributed by atoms with E-state index in [1.165, 1.54) is 6.20 Å². The second kappa shape index (κ2) is 5.35. The molecule has 2 rings (SSSR count). The van der Waals surface area contributed by atoms with Crippen molar-refractivity contribution in [1.29, 1.82) is 0 Å². The molecule has 2 aromatic rings. The summed E-state index contributed by atoms with van der Waals surface area (Å²) in [7, 11) is -3.74. The number of nitrogens with two attached hydrogens (primary N) is 1. The lowest BCUT2D eigenvalue weighted by molar-refractivity contribution is 0.391. The number of nitrogens with one attached hydrogen (secondary N) is 2. The van der Waals surface area contributed by atoms with Gasteiger partial charge in [-0.1, -0.05) is 5.16 Å². The number of H-pyrrole nitrogens is 1. The normalized spacial score (nSPS) is 13.6. The predicted octanol–water partition coefficient (Wildman–Crippen LogP) is 0.513. The number of hydrogen-bond acceptors (Lipinski definition) is 6. The Bertz CT molecular complexity index is 684. The third kappa shape index (κ3) is 2.60. The maximum absolute atomic E-state index is 12.3. The Balaban J connectivity index is 2.29. The number of sulfonamides is 1. The Morgan fingerprint density at radius 3 is 2.75 bits per heavy atom. The van der Waals surface area contributed by atoms with E-state index in [0.29, 0.717) is 17.0 Å². The lowest BCUT2D eigenvalue weighted by atomic mass is 10.1. The number of rotatable bonds is 5. The summed E-state index contributed by atoms with van der Waals surface area (Å²) < 4.78 is 32.2. The first-order chi connectivity index (χ1) is 9.36. The van der Waals surface area contributed by atoms with Crippen molar-refractivity contribution in [3.63, 3.8) is 0 Å². The molecule has 0 saturated heterocycles. The minimum Gasteiger partial charge on any atom is -0.361 e. The summed E-state index contributed by atoms with van der Waals surface area (Å²) in [6, 6.07) is -0.472. The monoisotopic (exact) mass is 299 g/mol. The van der Waals surface area contributed by atoms with Crippen LogP contribution in [0, 0.1) is 13.8 Å². The first-order valence-electron chi connectivity index (χ1n) is 6.04. The quantitative estimate of drug-likeness (QED) is 0.738. The van der Waals surface area contributed by atoms with Crippen molar-refractivity contribution in [3.8, 4) is 0 Å². The molecule has 0 bridgehead atoms. The number of aryl methyl sites for hydroxylation is 2. The topological polar surface area (TPSA) is 127 Å². The molecule has 0 aliphatic rings. The fourth-order valence-corrected chi connectivity index (χ4v) is 3.49. The van der Waals surface area contributed by atoms with Crippen LogP contribution in [-0.4, -0.2) is 23.8 Å². The van der Waals surface area contributed by atoms with Gasteiger partial charge in [0, 0.05) is 23.7 Å². The van der Waals surface area contributed by atoms with Crippen molar-refractivity contribution in [2.45, 2.75) is 38.4 Å². The van der Waals surface area contributed by atoms with Gasteiger partial charge in [0.1, 0.15) is 5.76 Å². The predicted molar refractivity (Wildman–Crippen MR) is 71.2 cm³/mol. The van der Waals surface area contributed by atoms with Crippen molar-refractivity contribution in [3.05, 3.63) is 28.8 Å². The molecule has 1 unspecified atom stereocenters. The molecule has 20 heavy (non-hydrogen) atoms. The smallest absolute Gasteiger partial charge is 0.258 e. The lowest BCUT2D eigenvalue weighted by Gasteiger charge is -2.13. The fourth-order valence-electron chi connectivity index (χ4n) is 2.14. The van der Waals surface area contributed by atoms with Crippen LogP contribution >= 0.6 is 0 Å². The minimum absolute atomic E-state index is 0.0152. The Labute approximate surface area is 116 Å². The van der Waals surface area contributed by atoms with Crippen LogP contribution in [0.15, 0.2) is 15.7 Å². The van der Waals surface area contributed by atoms with E-state index in [1.54, 1.807) is 20.8 Å². The molecule has 0 saturated carbocycles. The van der Waals surface area contributed by atoms with Crippen LogP contribution in [-0.2, 0) is 16.6 Å². The molecule has 2 aromatic heterocycles. The molecule has 0 spiro atoms. The molecule has 8 nitrogen and oxygen atoms in total. The molecule has 1 atom stereocenters. The highest BCUT2D eigenvalue weighted by Crippen LogP contribution is 2.23. The second-order valence-corrected chi connectivity index (χ2v) is 6.16. The summed E-state index contributed by atoms with van der Waals surface area (Å²) in [6.45, 7) is 5.31. The van der Waals surface area contributed by atoms with Gasteiger partial charge in [-0.25, -0.2) is 13.1 Å². The highest BCUT2D eigenvalue weighted by molar-refractivity contribution is 7.89. The van der Waals surface area contributed by atoms with Crippen molar-refractivity contribution in [1.82, 2.24) is 20.1 Å². The van der Waals surface area contributed by atoms with Gasteiger partial charge in [-0.05, 0) is 20.8 Å². The van der Waals surface area contributed by atoms with Gasteiger partial charge in [0.2, 0.25) is 0 Å². The van der Waals surface area contributed by atoms with Crippen LogP contribution in [0.2, 0.25) is 0 Å². The van der Waals surface area contributed by atoms with Gasteiger partial charge in [0.25, 0.3) is 10.0 Å². The average Bonchev–Trinajstić information content (AvgIpc) is 2.95. The zero-order valence-corrected chi connectivity index (χ0v) is 12.3. The van der Waals surface area contributed by atoms with Crippen molar-refractivity contribution < 1.29 is 12.9 Å². The third-order valence-electron chi connectivity index (χ3n) is 3.02. The summed E-state index contributed by atoms with van der Waals surface area (Å²) >= 11 is 0. The van der Waals surface area contributed by atoms with Crippen LogP contribution in [0.25, 0.3) is 0 Å². The molecule has 0 fully saturated rings. The highest BCUT2D eigenvalue weighted by atomic mass is 32.2. The second-order valence-electron chi connectivity index (χ2n) is 4.51. The molecule has 9 heteroatoms. The van der Waals surface area contributed by atoms with Gasteiger partial charge in [-0.15, -0.1) is 0 Å². The largest absolute Gasteiger partial charge is 0.361 e. The summed E-state index contributed by atoms with van der Waals surface area (Å²) in [5.74, 6) is 0.585. The van der Waals surface area contributed by atoms with Crippen molar-refractivity contribution >= 4 is 10.0 Å². The van der Waals surface area contributed by atoms with Crippen LogP contribution < -0.4 is 10.5 Å². The third-order valence-corrected chi connectivity index (χ3v) is 4.58. The highest BCUT2D eigenvalue weighted by Gasteiger charge is 2.25. The summed E-state index contributed by atoms with van der Waals surface area (Å²) in [5, 5.41) is 9.97. The van der Waals surface area contributed by atoms with E-state index in [9.17, 15) is 8.42 Å². The Kier molecular flexibility index (Phi) is 3.93. The van der Waals surface area contributed by atoms with Crippen LogP contribution in [0.4, 0.5) is 0 Å². The van der Waals surface area contributed by atoms with Crippen molar-refractivity contribution in [2.24, 2.45) is 5.73 Å². The molecule has 0 radical (unpaired) electrons. The first-order valence-corrected chi connectivity index (χ1v) is 7.52. The number of aromatic nitrogens is 3. The molecule has 110 valence electrons. The molecule has 0 aromatic carbocycles. The van der Waals surface area contributed by atoms with E-state index in [1.807, 2.05) is 0 Å². The van der Waals surface area contributed by atoms with Gasteiger partial charge < -0.3 is 10.3 Å². The Hall–Kier alpha value is -1.71. The standard InChI is InChI=1S/C11H17N5O3S/c1-6-10(8(3)19-15-6)7(2)16-20(17,18)11-9(4-12)5-13-14-11/h5,7,16H,4,12H2,1-3H3,(H,13,14). The zero-order valence-electron chi connectivity index (χ0n) is 11.5. The van der Waals surface area contributed by atoms with Crippen LogP contribution in [0.1, 0.15) is 35.5 Å². The lowest BCUT2D eigenvalue weighted by Crippen LogP contribution is -2.28. The molecule has 0 aliphatic heterocycles. The molecular formula is C11H17N5O3S. The van der Waals surface area contributed by atoms with Crippen molar-refractivity contribution in [2.75, 3.05) is 0 Å². The number of nitrogens with zero attached hydrogens (tertiary/aromatic N) is 2. The van der Waals surface area contributed by atoms with E-state index < -0.39 is 16.1 Å². The summed E-state index contributed by atoms with van der Waals surface area (Å²) in [5.41, 5.74) is 7.30. The van der Waals surface area contributed by atoms with Gasteiger partial charge in [0.15, 0.2) is 5.03 Å². The zero-order chi connectivity index (χ0) is 14.9. The number of hydrogen-bond donors (Lipinski definition) is 3.